The van der Waals surface area contributed by atoms with E-state index in [4.69, 9.17) is 17.3 Å². The van der Waals surface area contributed by atoms with Gasteiger partial charge in [-0.2, -0.15) is 0 Å². The molecule has 3 rings (SSSR count). The molecule has 160 valence electrons. The molecule has 5 amide bonds. The molecule has 1 aliphatic rings. The second-order valence-electron chi connectivity index (χ2n) is 6.94. The fourth-order valence-corrected chi connectivity index (χ4v) is 4.20. The van der Waals surface area contributed by atoms with Gasteiger partial charge in [-0.3, -0.25) is 4.79 Å². The third kappa shape index (κ3) is 6.11. The number of hydrogen-bond donors (Lipinski definition) is 3. The Morgan fingerprint density at radius 1 is 1.07 bits per heavy atom. The summed E-state index contributed by atoms with van der Waals surface area (Å²) in [7, 11) is 0. The van der Waals surface area contributed by atoms with Crippen molar-refractivity contribution in [3.05, 3.63) is 51.7 Å². The van der Waals surface area contributed by atoms with Crippen LogP contribution in [0.15, 0.2) is 41.8 Å². The highest BCUT2D eigenvalue weighted by atomic mass is 35.5. The summed E-state index contributed by atoms with van der Waals surface area (Å²) in [5.74, 6) is -0.0814. The molecule has 1 fully saturated rings. The van der Waals surface area contributed by atoms with E-state index in [1.807, 2.05) is 17.5 Å². The van der Waals surface area contributed by atoms with Crippen molar-refractivity contribution >= 4 is 46.6 Å². The third-order valence-electron chi connectivity index (χ3n) is 4.81. The molecule has 0 bridgehead atoms. The van der Waals surface area contributed by atoms with Crippen LogP contribution in [0.25, 0.3) is 0 Å². The second kappa shape index (κ2) is 10.3. The summed E-state index contributed by atoms with van der Waals surface area (Å²) in [6, 6.07) is 9.30. The van der Waals surface area contributed by atoms with E-state index in [2.05, 4.69) is 10.6 Å². The van der Waals surface area contributed by atoms with Gasteiger partial charge in [-0.15, -0.1) is 11.3 Å². The molecule has 30 heavy (non-hydrogen) atoms. The number of carbonyl (C=O) groups excluding carboxylic acids is 3. The van der Waals surface area contributed by atoms with Crippen LogP contribution >= 0.6 is 22.9 Å². The summed E-state index contributed by atoms with van der Waals surface area (Å²) in [5, 5.41) is 7.98. The molecule has 1 atom stereocenters. The molecular weight excluding hydrogens is 426 g/mol. The van der Waals surface area contributed by atoms with Crippen molar-refractivity contribution in [2.24, 2.45) is 5.73 Å². The molecule has 1 aromatic carbocycles. The average molecular weight is 450 g/mol. The minimum atomic E-state index is -0.665. The van der Waals surface area contributed by atoms with E-state index >= 15 is 0 Å². The van der Waals surface area contributed by atoms with Crippen molar-refractivity contribution in [3.63, 3.8) is 0 Å². The quantitative estimate of drug-likeness (QED) is 0.651. The maximum absolute atomic E-state index is 12.8. The van der Waals surface area contributed by atoms with Gasteiger partial charge in [0.1, 0.15) is 0 Å². The van der Waals surface area contributed by atoms with Crippen molar-refractivity contribution in [2.45, 2.75) is 18.9 Å². The molecule has 1 aliphatic heterocycles. The number of carbonyl (C=O) groups is 3. The average Bonchev–Trinajstić information content (AvgIpc) is 3.13. The Hall–Kier alpha value is -2.78. The van der Waals surface area contributed by atoms with Crippen LogP contribution in [0.5, 0.6) is 0 Å². The van der Waals surface area contributed by atoms with Crippen LogP contribution in [0.1, 0.15) is 23.8 Å². The van der Waals surface area contributed by atoms with Gasteiger partial charge >= 0.3 is 12.1 Å². The molecule has 0 radical (unpaired) electrons. The number of anilines is 1. The minimum Gasteiger partial charge on any atom is -0.352 e. The smallest absolute Gasteiger partial charge is 0.321 e. The van der Waals surface area contributed by atoms with Crippen LogP contribution in [0, 0.1) is 0 Å². The van der Waals surface area contributed by atoms with Gasteiger partial charge in [0.25, 0.3) is 0 Å². The summed E-state index contributed by atoms with van der Waals surface area (Å²) < 4.78 is 0. The van der Waals surface area contributed by atoms with Crippen molar-refractivity contribution in [1.29, 1.82) is 0 Å². The summed E-state index contributed by atoms with van der Waals surface area (Å²) in [5.41, 5.74) is 5.94. The first-order valence-corrected chi connectivity index (χ1v) is 10.9. The lowest BCUT2D eigenvalue weighted by Crippen LogP contribution is -2.41. The van der Waals surface area contributed by atoms with Gasteiger partial charge < -0.3 is 26.2 Å². The topological polar surface area (TPSA) is 108 Å². The Kier molecular flexibility index (Phi) is 7.53. The van der Waals surface area contributed by atoms with Crippen LogP contribution in [0.3, 0.4) is 0 Å². The Morgan fingerprint density at radius 2 is 1.77 bits per heavy atom. The van der Waals surface area contributed by atoms with Crippen LogP contribution in [0.4, 0.5) is 15.3 Å². The summed E-state index contributed by atoms with van der Waals surface area (Å²) in [6.07, 6.45) is 0.799. The first kappa shape index (κ1) is 21.9. The number of primary amides is 1. The number of halogens is 1. The molecule has 1 unspecified atom stereocenters. The van der Waals surface area contributed by atoms with Gasteiger partial charge in [0.2, 0.25) is 5.91 Å². The Balaban J connectivity index is 1.55. The van der Waals surface area contributed by atoms with E-state index in [0.717, 1.165) is 4.88 Å². The second-order valence-corrected chi connectivity index (χ2v) is 8.35. The standard InChI is InChI=1S/C20H24ClN5O3S/c21-14-4-6-15(7-5-14)23-20(29)26-9-2-8-25(10-11-26)18(27)13-16(24-19(22)28)17-3-1-12-30-17/h1,3-7,12,16H,2,8-11,13H2,(H,23,29)(H3,22,24,28). The van der Waals surface area contributed by atoms with Crippen LogP contribution in [-0.4, -0.2) is 53.9 Å². The SMILES string of the molecule is NC(=O)NC(CC(=O)N1CCCN(C(=O)Nc2ccc(Cl)cc2)CC1)c1cccs1. The van der Waals surface area contributed by atoms with Gasteiger partial charge in [0.05, 0.1) is 12.5 Å². The molecule has 4 N–H and O–H groups in total. The lowest BCUT2D eigenvalue weighted by atomic mass is 10.1. The van der Waals surface area contributed by atoms with E-state index in [0.29, 0.717) is 43.3 Å². The summed E-state index contributed by atoms with van der Waals surface area (Å²) in [6.45, 7) is 1.97. The van der Waals surface area contributed by atoms with Crippen LogP contribution < -0.4 is 16.4 Å². The number of amides is 5. The van der Waals surface area contributed by atoms with Gasteiger partial charge in [0, 0.05) is 41.8 Å². The van der Waals surface area contributed by atoms with E-state index in [1.54, 1.807) is 34.1 Å². The number of benzene rings is 1. The van der Waals surface area contributed by atoms with E-state index in [-0.39, 0.29) is 18.4 Å². The number of urea groups is 2. The van der Waals surface area contributed by atoms with Crippen molar-refractivity contribution in [3.8, 4) is 0 Å². The Labute approximate surface area is 184 Å². The zero-order valence-electron chi connectivity index (χ0n) is 16.3. The lowest BCUT2D eigenvalue weighted by molar-refractivity contribution is -0.131. The largest absolute Gasteiger partial charge is 0.352 e. The number of nitrogens with two attached hydrogens (primary N) is 1. The number of nitrogens with zero attached hydrogens (tertiary/aromatic N) is 2. The van der Waals surface area contributed by atoms with Gasteiger partial charge in [-0.05, 0) is 42.1 Å². The zero-order valence-corrected chi connectivity index (χ0v) is 17.9. The number of rotatable bonds is 5. The van der Waals surface area contributed by atoms with E-state index in [9.17, 15) is 14.4 Å². The predicted octanol–water partition coefficient (Wildman–Crippen LogP) is 3.27. The number of hydrogen-bond acceptors (Lipinski definition) is 4. The first-order chi connectivity index (χ1) is 14.4. The normalized spacial score (nSPS) is 15.2. The van der Waals surface area contributed by atoms with Crippen molar-refractivity contribution in [2.75, 3.05) is 31.5 Å². The number of nitrogens with one attached hydrogen (secondary N) is 2. The fourth-order valence-electron chi connectivity index (χ4n) is 3.29. The molecule has 2 heterocycles. The molecule has 0 saturated carbocycles. The summed E-state index contributed by atoms with van der Waals surface area (Å²) >= 11 is 7.33. The van der Waals surface area contributed by atoms with Crippen LogP contribution in [0.2, 0.25) is 5.02 Å². The lowest BCUT2D eigenvalue weighted by Gasteiger charge is -2.24. The molecular formula is C20H24ClN5O3S. The summed E-state index contributed by atoms with van der Waals surface area (Å²) in [4.78, 5) is 41.0. The highest BCUT2D eigenvalue weighted by Gasteiger charge is 2.25. The fraction of sp³-hybridized carbons (Fsp3) is 0.350. The van der Waals surface area contributed by atoms with E-state index < -0.39 is 12.1 Å². The van der Waals surface area contributed by atoms with Crippen LogP contribution in [-0.2, 0) is 4.79 Å². The first-order valence-electron chi connectivity index (χ1n) is 9.61. The predicted molar refractivity (Wildman–Crippen MR) is 118 cm³/mol. The maximum Gasteiger partial charge on any atom is 0.321 e. The van der Waals surface area contributed by atoms with E-state index in [1.165, 1.54) is 11.3 Å². The van der Waals surface area contributed by atoms with Gasteiger partial charge in [-0.1, -0.05) is 17.7 Å². The monoisotopic (exact) mass is 449 g/mol. The molecule has 1 aromatic heterocycles. The Morgan fingerprint density at radius 3 is 2.43 bits per heavy atom. The minimum absolute atomic E-state index is 0.0814. The highest BCUT2D eigenvalue weighted by Crippen LogP contribution is 2.23. The Bertz CT molecular complexity index is 875. The van der Waals surface area contributed by atoms with Crippen molar-refractivity contribution < 1.29 is 14.4 Å². The van der Waals surface area contributed by atoms with Gasteiger partial charge in [0.15, 0.2) is 0 Å². The third-order valence-corrected chi connectivity index (χ3v) is 6.05. The molecule has 10 heteroatoms. The molecule has 8 nitrogen and oxygen atoms in total. The highest BCUT2D eigenvalue weighted by molar-refractivity contribution is 7.10. The number of thiophene rings is 1. The maximum atomic E-state index is 12.8. The molecule has 0 aliphatic carbocycles. The molecule has 2 aromatic rings. The molecule has 0 spiro atoms. The zero-order chi connectivity index (χ0) is 21.5. The molecule has 1 saturated heterocycles. The van der Waals surface area contributed by atoms with Crippen molar-refractivity contribution in [1.82, 2.24) is 15.1 Å². The van der Waals surface area contributed by atoms with Gasteiger partial charge in [-0.25, -0.2) is 9.59 Å².